The molecule has 1 aromatic heterocycles. The number of non-ortho nitro benzene ring substituents is 1. The average Bonchev–Trinajstić information content (AvgIpc) is 3.27. The second-order valence-electron chi connectivity index (χ2n) is 8.52. The highest BCUT2D eigenvalue weighted by molar-refractivity contribution is 6.08. The third-order valence-electron chi connectivity index (χ3n) is 6.40. The summed E-state index contributed by atoms with van der Waals surface area (Å²) >= 11 is 0. The number of benzene rings is 3. The molecule has 0 saturated carbocycles. The van der Waals surface area contributed by atoms with E-state index in [0.717, 1.165) is 11.1 Å². The maximum absolute atomic E-state index is 13.9. The zero-order valence-corrected chi connectivity index (χ0v) is 19.6. The molecule has 4 aromatic rings. The number of anilines is 1. The molecule has 0 spiro atoms. The number of carbonyl (C=O) groups excluding carboxylic acids is 2. The molecular formula is C27H24N4O5. The highest BCUT2D eigenvalue weighted by atomic mass is 16.6. The molecule has 2 heterocycles. The van der Waals surface area contributed by atoms with Gasteiger partial charge in [-0.3, -0.25) is 24.6 Å². The predicted octanol–water partition coefficient (Wildman–Crippen LogP) is 4.30. The molecule has 9 heteroatoms. The van der Waals surface area contributed by atoms with Gasteiger partial charge in [0.25, 0.3) is 5.69 Å². The number of nitrogens with zero attached hydrogens (tertiary/aromatic N) is 4. The maximum Gasteiger partial charge on any atom is 0.321 e. The van der Waals surface area contributed by atoms with E-state index in [1.54, 1.807) is 24.0 Å². The molecule has 9 nitrogen and oxygen atoms in total. The van der Waals surface area contributed by atoms with Gasteiger partial charge in [-0.15, -0.1) is 0 Å². The Morgan fingerprint density at radius 1 is 1.03 bits per heavy atom. The van der Waals surface area contributed by atoms with E-state index in [-0.39, 0.29) is 12.3 Å². The van der Waals surface area contributed by atoms with E-state index in [0.29, 0.717) is 30.0 Å². The Morgan fingerprint density at radius 2 is 1.72 bits per heavy atom. The number of para-hydroxylation sites is 2. The normalized spacial score (nSPS) is 17.1. The summed E-state index contributed by atoms with van der Waals surface area (Å²) in [5.41, 5.74) is 3.00. The smallest absolute Gasteiger partial charge is 0.321 e. The molecule has 36 heavy (non-hydrogen) atoms. The van der Waals surface area contributed by atoms with Crippen molar-refractivity contribution in [2.24, 2.45) is 5.92 Å². The molecule has 0 N–H and O–H groups in total. The minimum atomic E-state index is -1.17. The Bertz CT molecular complexity index is 1430. The number of nitro groups is 1. The quantitative estimate of drug-likeness (QED) is 0.168. The molecule has 1 aliphatic heterocycles. The van der Waals surface area contributed by atoms with E-state index in [2.05, 4.69) is 0 Å². The van der Waals surface area contributed by atoms with Crippen LogP contribution in [0.3, 0.4) is 0 Å². The van der Waals surface area contributed by atoms with Crippen LogP contribution in [-0.4, -0.2) is 39.5 Å². The minimum Gasteiger partial charge on any atom is -0.465 e. The van der Waals surface area contributed by atoms with Crippen LogP contribution in [0.4, 0.5) is 11.6 Å². The molecule has 0 radical (unpaired) electrons. The van der Waals surface area contributed by atoms with Crippen LogP contribution in [-0.2, 0) is 20.7 Å². The van der Waals surface area contributed by atoms with E-state index in [1.807, 2.05) is 59.2 Å². The van der Waals surface area contributed by atoms with Crippen molar-refractivity contribution >= 4 is 34.5 Å². The number of hydrogen-bond donors (Lipinski definition) is 0. The number of nitro benzene ring substituents is 1. The van der Waals surface area contributed by atoms with Crippen molar-refractivity contribution in [2.45, 2.75) is 19.4 Å². The molecule has 2 atom stereocenters. The Hall–Kier alpha value is -4.53. The summed E-state index contributed by atoms with van der Waals surface area (Å²) in [6.45, 7) is 2.14. The molecule has 0 aliphatic carbocycles. The summed E-state index contributed by atoms with van der Waals surface area (Å²) in [5.74, 6) is -1.79. The van der Waals surface area contributed by atoms with Gasteiger partial charge in [0.1, 0.15) is 0 Å². The molecule has 3 aromatic carbocycles. The van der Waals surface area contributed by atoms with Crippen LogP contribution in [0.25, 0.3) is 11.0 Å². The first-order valence-electron chi connectivity index (χ1n) is 11.7. The van der Waals surface area contributed by atoms with E-state index in [1.165, 1.54) is 12.1 Å². The summed E-state index contributed by atoms with van der Waals surface area (Å²) in [5, 5.41) is 11.2. The summed E-state index contributed by atoms with van der Waals surface area (Å²) in [6, 6.07) is 22.4. The molecule has 0 fully saturated rings. The lowest BCUT2D eigenvalue weighted by Crippen LogP contribution is -2.50. The van der Waals surface area contributed by atoms with Crippen molar-refractivity contribution in [2.75, 3.05) is 18.1 Å². The van der Waals surface area contributed by atoms with Gasteiger partial charge in [-0.1, -0.05) is 54.6 Å². The van der Waals surface area contributed by atoms with Gasteiger partial charge in [0, 0.05) is 18.7 Å². The third kappa shape index (κ3) is 4.08. The van der Waals surface area contributed by atoms with Gasteiger partial charge in [-0.2, -0.15) is 0 Å². The molecule has 0 unspecified atom stereocenters. The van der Waals surface area contributed by atoms with Crippen LogP contribution < -0.4 is 4.90 Å². The second-order valence-corrected chi connectivity index (χ2v) is 8.52. The van der Waals surface area contributed by atoms with Gasteiger partial charge < -0.3 is 9.30 Å². The highest BCUT2D eigenvalue weighted by Gasteiger charge is 2.47. The summed E-state index contributed by atoms with van der Waals surface area (Å²) in [7, 11) is 0. The number of imidazole rings is 1. The number of fused-ring (bicyclic) bond motifs is 3. The fraction of sp³-hybridized carbons (Fsp3) is 0.222. The van der Waals surface area contributed by atoms with Gasteiger partial charge in [-0.05, 0) is 36.6 Å². The number of amides is 1. The van der Waals surface area contributed by atoms with Crippen LogP contribution in [0.15, 0.2) is 78.9 Å². The fourth-order valence-corrected chi connectivity index (χ4v) is 4.74. The van der Waals surface area contributed by atoms with Crippen molar-refractivity contribution < 1.29 is 19.2 Å². The van der Waals surface area contributed by atoms with E-state index >= 15 is 0 Å². The highest BCUT2D eigenvalue weighted by Crippen LogP contribution is 2.41. The Balaban J connectivity index is 1.67. The lowest BCUT2D eigenvalue weighted by atomic mass is 9.89. The maximum atomic E-state index is 13.9. The van der Waals surface area contributed by atoms with Crippen molar-refractivity contribution in [3.8, 4) is 0 Å². The van der Waals surface area contributed by atoms with Crippen molar-refractivity contribution in [1.82, 2.24) is 9.55 Å². The molecule has 182 valence electrons. The molecular weight excluding hydrogens is 460 g/mol. The third-order valence-corrected chi connectivity index (χ3v) is 6.40. The Morgan fingerprint density at radius 3 is 2.42 bits per heavy atom. The predicted molar refractivity (Wildman–Crippen MR) is 134 cm³/mol. The van der Waals surface area contributed by atoms with Crippen LogP contribution in [0.5, 0.6) is 0 Å². The molecule has 1 amide bonds. The number of esters is 1. The summed E-state index contributed by atoms with van der Waals surface area (Å²) in [4.78, 5) is 44.2. The molecule has 0 bridgehead atoms. The van der Waals surface area contributed by atoms with Gasteiger partial charge in [0.15, 0.2) is 5.92 Å². The number of hydrogen-bond acceptors (Lipinski definition) is 6. The average molecular weight is 485 g/mol. The summed E-state index contributed by atoms with van der Waals surface area (Å²) < 4.78 is 7.23. The first kappa shape index (κ1) is 23.2. The first-order chi connectivity index (χ1) is 17.5. The Kier molecular flexibility index (Phi) is 6.20. The van der Waals surface area contributed by atoms with Gasteiger partial charge >= 0.3 is 5.97 Å². The van der Waals surface area contributed by atoms with Crippen LogP contribution in [0.2, 0.25) is 0 Å². The van der Waals surface area contributed by atoms with Crippen molar-refractivity contribution in [3.63, 3.8) is 0 Å². The zero-order valence-electron chi connectivity index (χ0n) is 19.6. The Labute approximate surface area is 207 Å². The summed E-state index contributed by atoms with van der Waals surface area (Å²) in [6.07, 6.45) is 0.577. The number of carbonyl (C=O) groups is 2. The number of rotatable bonds is 7. The van der Waals surface area contributed by atoms with Crippen molar-refractivity contribution in [1.29, 1.82) is 0 Å². The van der Waals surface area contributed by atoms with Gasteiger partial charge in [0.2, 0.25) is 11.9 Å². The van der Waals surface area contributed by atoms with E-state index in [9.17, 15) is 19.7 Å². The molecule has 1 aliphatic rings. The SMILES string of the molecule is CCOC(=O)[C@H]1C(=O)N(CCc2ccccc2)c2nc3ccccc3n2[C@H]1c1ccc([N+](=O)[O-])cc1. The fourth-order valence-electron chi connectivity index (χ4n) is 4.74. The first-order valence-corrected chi connectivity index (χ1v) is 11.7. The van der Waals surface area contributed by atoms with E-state index < -0.39 is 28.8 Å². The van der Waals surface area contributed by atoms with Gasteiger partial charge in [0.05, 0.1) is 28.6 Å². The topological polar surface area (TPSA) is 108 Å². The van der Waals surface area contributed by atoms with Gasteiger partial charge in [-0.25, -0.2) is 4.98 Å². The van der Waals surface area contributed by atoms with Crippen LogP contribution in [0, 0.1) is 16.0 Å². The van der Waals surface area contributed by atoms with Crippen molar-refractivity contribution in [3.05, 3.63) is 100 Å². The number of ether oxygens (including phenoxy) is 1. The van der Waals surface area contributed by atoms with E-state index in [4.69, 9.17) is 9.72 Å². The standard InChI is InChI=1S/C27H24N4O5/c1-2-36-26(33)23-24(19-12-14-20(15-13-19)31(34)35)30-22-11-7-6-10-21(22)28-27(30)29(25(23)32)17-16-18-8-4-3-5-9-18/h3-15,23-24H,2,16-17H2,1H3/t23-,24+/m1/s1. The van der Waals surface area contributed by atoms with Crippen LogP contribution >= 0.6 is 0 Å². The monoisotopic (exact) mass is 484 g/mol. The molecule has 0 saturated heterocycles. The number of aromatic nitrogens is 2. The largest absolute Gasteiger partial charge is 0.465 e. The minimum absolute atomic E-state index is 0.0752. The lowest BCUT2D eigenvalue weighted by molar-refractivity contribution is -0.384. The lowest BCUT2D eigenvalue weighted by Gasteiger charge is -2.38. The second kappa shape index (κ2) is 9.61. The van der Waals surface area contributed by atoms with Crippen LogP contribution in [0.1, 0.15) is 24.1 Å². The zero-order chi connectivity index (χ0) is 25.2. The molecule has 5 rings (SSSR count).